The maximum Gasteiger partial charge on any atom is 0.00792 e. The van der Waals surface area contributed by atoms with E-state index in [2.05, 4.69) is 19.2 Å². The Morgan fingerprint density at radius 3 is 2.71 bits per heavy atom. The van der Waals surface area contributed by atoms with Crippen LogP contribution in [0.15, 0.2) is 0 Å². The maximum atomic E-state index is 6.17. The van der Waals surface area contributed by atoms with Gasteiger partial charge in [0, 0.05) is 12.1 Å². The van der Waals surface area contributed by atoms with E-state index in [0.717, 1.165) is 6.54 Å². The van der Waals surface area contributed by atoms with Crippen LogP contribution in [0.3, 0.4) is 0 Å². The molecule has 0 bridgehead atoms. The van der Waals surface area contributed by atoms with Gasteiger partial charge in [-0.2, -0.15) is 0 Å². The lowest BCUT2D eigenvalue weighted by Gasteiger charge is -2.23. The SMILES string of the molecule is CCC(C)NCC1CCCCCC1N. The van der Waals surface area contributed by atoms with Gasteiger partial charge >= 0.3 is 0 Å². The smallest absolute Gasteiger partial charge is 0.00792 e. The number of hydrogen-bond donors (Lipinski definition) is 2. The minimum atomic E-state index is 0.439. The summed E-state index contributed by atoms with van der Waals surface area (Å²) in [5.41, 5.74) is 6.17. The fourth-order valence-electron chi connectivity index (χ4n) is 2.16. The Hall–Kier alpha value is -0.0800. The summed E-state index contributed by atoms with van der Waals surface area (Å²) in [6.45, 7) is 5.60. The number of nitrogens with one attached hydrogen (secondary N) is 1. The molecule has 3 unspecified atom stereocenters. The molecular weight excluding hydrogens is 172 g/mol. The molecule has 0 aliphatic heterocycles. The van der Waals surface area contributed by atoms with E-state index in [1.807, 2.05) is 0 Å². The second-order valence-electron chi connectivity index (χ2n) is 4.78. The predicted octanol–water partition coefficient (Wildman–Crippen LogP) is 2.28. The lowest BCUT2D eigenvalue weighted by molar-refractivity contribution is 0.355. The van der Waals surface area contributed by atoms with Crippen LogP contribution in [0.5, 0.6) is 0 Å². The Kier molecular flexibility index (Phi) is 5.49. The highest BCUT2D eigenvalue weighted by Gasteiger charge is 2.20. The Morgan fingerprint density at radius 2 is 2.00 bits per heavy atom. The zero-order valence-corrected chi connectivity index (χ0v) is 9.76. The largest absolute Gasteiger partial charge is 0.327 e. The summed E-state index contributed by atoms with van der Waals surface area (Å²) in [7, 11) is 0. The van der Waals surface area contributed by atoms with Crippen LogP contribution in [0.4, 0.5) is 0 Å². The van der Waals surface area contributed by atoms with Gasteiger partial charge in [-0.15, -0.1) is 0 Å². The molecule has 0 aromatic rings. The summed E-state index contributed by atoms with van der Waals surface area (Å²) >= 11 is 0. The molecule has 1 aliphatic rings. The molecule has 0 saturated heterocycles. The summed E-state index contributed by atoms with van der Waals surface area (Å²) in [4.78, 5) is 0. The summed E-state index contributed by atoms with van der Waals surface area (Å²) in [6, 6.07) is 1.08. The van der Waals surface area contributed by atoms with Crippen molar-refractivity contribution < 1.29 is 0 Å². The standard InChI is InChI=1S/C12H26N2/c1-3-10(2)14-9-11-7-5-4-6-8-12(11)13/h10-12,14H,3-9,13H2,1-2H3. The fourth-order valence-corrected chi connectivity index (χ4v) is 2.16. The van der Waals surface area contributed by atoms with Gasteiger partial charge < -0.3 is 11.1 Å². The highest BCUT2D eigenvalue weighted by atomic mass is 14.9. The fraction of sp³-hybridized carbons (Fsp3) is 1.00. The quantitative estimate of drug-likeness (QED) is 0.680. The van der Waals surface area contributed by atoms with Crippen molar-refractivity contribution in [3.8, 4) is 0 Å². The molecule has 1 aliphatic carbocycles. The molecule has 0 aromatic heterocycles. The normalized spacial score (nSPS) is 31.1. The van der Waals surface area contributed by atoms with E-state index in [4.69, 9.17) is 5.73 Å². The van der Waals surface area contributed by atoms with Crippen molar-refractivity contribution in [2.24, 2.45) is 11.7 Å². The molecule has 1 rings (SSSR count). The topological polar surface area (TPSA) is 38.0 Å². The molecule has 2 nitrogen and oxygen atoms in total. The first kappa shape index (κ1) is 12.0. The minimum absolute atomic E-state index is 0.439. The molecule has 3 N–H and O–H groups in total. The van der Waals surface area contributed by atoms with E-state index >= 15 is 0 Å². The molecule has 1 fully saturated rings. The lowest BCUT2D eigenvalue weighted by Crippen LogP contribution is -2.39. The summed E-state index contributed by atoms with van der Waals surface area (Å²) in [5.74, 6) is 0.714. The molecule has 0 spiro atoms. The first-order chi connectivity index (χ1) is 6.74. The van der Waals surface area contributed by atoms with Gasteiger partial charge in [-0.3, -0.25) is 0 Å². The van der Waals surface area contributed by atoms with Gasteiger partial charge in [-0.1, -0.05) is 26.2 Å². The van der Waals surface area contributed by atoms with Crippen LogP contribution in [-0.4, -0.2) is 18.6 Å². The Bertz CT molecular complexity index is 147. The zero-order chi connectivity index (χ0) is 10.4. The van der Waals surface area contributed by atoms with Crippen LogP contribution in [0.2, 0.25) is 0 Å². The molecule has 0 radical (unpaired) electrons. The van der Waals surface area contributed by atoms with E-state index in [1.54, 1.807) is 0 Å². The van der Waals surface area contributed by atoms with Crippen molar-refractivity contribution in [3.63, 3.8) is 0 Å². The molecule has 0 amide bonds. The van der Waals surface area contributed by atoms with Gasteiger partial charge in [0.25, 0.3) is 0 Å². The van der Waals surface area contributed by atoms with Gasteiger partial charge in [0.2, 0.25) is 0 Å². The molecule has 1 saturated carbocycles. The van der Waals surface area contributed by atoms with E-state index in [0.29, 0.717) is 18.0 Å². The predicted molar refractivity (Wildman–Crippen MR) is 62.3 cm³/mol. The second kappa shape index (κ2) is 6.41. The Morgan fingerprint density at radius 1 is 1.29 bits per heavy atom. The number of hydrogen-bond acceptors (Lipinski definition) is 2. The van der Waals surface area contributed by atoms with Crippen molar-refractivity contribution in [1.29, 1.82) is 0 Å². The number of rotatable bonds is 4. The average molecular weight is 198 g/mol. The molecular formula is C12H26N2. The molecule has 0 aromatic carbocycles. The van der Waals surface area contributed by atoms with Gasteiger partial charge in [0.15, 0.2) is 0 Å². The Balaban J connectivity index is 2.26. The van der Waals surface area contributed by atoms with Crippen molar-refractivity contribution in [1.82, 2.24) is 5.32 Å². The van der Waals surface area contributed by atoms with E-state index < -0.39 is 0 Å². The summed E-state index contributed by atoms with van der Waals surface area (Å²) in [6.07, 6.45) is 7.86. The number of nitrogens with two attached hydrogens (primary N) is 1. The van der Waals surface area contributed by atoms with Gasteiger partial charge in [0.05, 0.1) is 0 Å². The minimum Gasteiger partial charge on any atom is -0.327 e. The van der Waals surface area contributed by atoms with Crippen molar-refractivity contribution in [3.05, 3.63) is 0 Å². The van der Waals surface area contributed by atoms with Crippen LogP contribution < -0.4 is 11.1 Å². The van der Waals surface area contributed by atoms with Crippen molar-refractivity contribution >= 4 is 0 Å². The third kappa shape index (κ3) is 3.97. The second-order valence-corrected chi connectivity index (χ2v) is 4.78. The third-order valence-corrected chi connectivity index (χ3v) is 3.56. The van der Waals surface area contributed by atoms with Crippen LogP contribution in [0.25, 0.3) is 0 Å². The van der Waals surface area contributed by atoms with Crippen LogP contribution >= 0.6 is 0 Å². The first-order valence-corrected chi connectivity index (χ1v) is 6.23. The molecule has 84 valence electrons. The average Bonchev–Trinajstić information content (AvgIpc) is 2.39. The summed E-state index contributed by atoms with van der Waals surface area (Å²) < 4.78 is 0. The molecule has 0 heterocycles. The highest BCUT2D eigenvalue weighted by molar-refractivity contribution is 4.78. The van der Waals surface area contributed by atoms with E-state index in [-0.39, 0.29) is 0 Å². The van der Waals surface area contributed by atoms with Gasteiger partial charge in [-0.05, 0) is 38.6 Å². The lowest BCUT2D eigenvalue weighted by atomic mass is 9.95. The van der Waals surface area contributed by atoms with Crippen LogP contribution in [0.1, 0.15) is 52.4 Å². The third-order valence-electron chi connectivity index (χ3n) is 3.56. The molecule has 2 heteroatoms. The van der Waals surface area contributed by atoms with E-state index in [9.17, 15) is 0 Å². The van der Waals surface area contributed by atoms with Gasteiger partial charge in [-0.25, -0.2) is 0 Å². The Labute approximate surface area is 88.6 Å². The van der Waals surface area contributed by atoms with Crippen molar-refractivity contribution in [2.45, 2.75) is 64.5 Å². The maximum absolute atomic E-state index is 6.17. The van der Waals surface area contributed by atoms with Gasteiger partial charge in [0.1, 0.15) is 0 Å². The van der Waals surface area contributed by atoms with Crippen LogP contribution in [0, 0.1) is 5.92 Å². The zero-order valence-electron chi connectivity index (χ0n) is 9.76. The van der Waals surface area contributed by atoms with E-state index in [1.165, 1.54) is 38.5 Å². The molecule has 14 heavy (non-hydrogen) atoms. The molecule has 3 atom stereocenters. The van der Waals surface area contributed by atoms with Crippen molar-refractivity contribution in [2.75, 3.05) is 6.54 Å². The first-order valence-electron chi connectivity index (χ1n) is 6.23. The summed E-state index contributed by atoms with van der Waals surface area (Å²) in [5, 5.41) is 3.58. The van der Waals surface area contributed by atoms with Crippen LogP contribution in [-0.2, 0) is 0 Å². The monoisotopic (exact) mass is 198 g/mol. The highest BCUT2D eigenvalue weighted by Crippen LogP contribution is 2.21.